The van der Waals surface area contributed by atoms with Gasteiger partial charge in [0.15, 0.2) is 6.61 Å². The Kier molecular flexibility index (Phi) is 6.19. The molecule has 29 heavy (non-hydrogen) atoms. The number of hydrogen-bond acceptors (Lipinski definition) is 4. The second-order valence-corrected chi connectivity index (χ2v) is 6.43. The maximum Gasteiger partial charge on any atom is 0.331 e. The van der Waals surface area contributed by atoms with Gasteiger partial charge >= 0.3 is 5.97 Å². The van der Waals surface area contributed by atoms with Gasteiger partial charge in [-0.3, -0.25) is 4.79 Å². The van der Waals surface area contributed by atoms with Crippen molar-refractivity contribution in [2.45, 2.75) is 13.8 Å². The lowest BCUT2D eigenvalue weighted by molar-refractivity contribution is -0.142. The van der Waals surface area contributed by atoms with Crippen LogP contribution >= 0.6 is 0 Å². The normalized spacial score (nSPS) is 10.9. The number of nitrogens with zero attached hydrogens (tertiary/aromatic N) is 2. The lowest BCUT2D eigenvalue weighted by atomic mass is 10.2. The SMILES string of the molecule is Cc1ccc(-n2nc(C)cc2NC(=O)COC(=O)/C=C/c2ccccc2F)cc1. The molecule has 1 aromatic heterocycles. The highest BCUT2D eigenvalue weighted by molar-refractivity contribution is 5.94. The molecule has 3 rings (SSSR count). The zero-order chi connectivity index (χ0) is 20.8. The van der Waals surface area contributed by atoms with Crippen molar-refractivity contribution in [3.05, 3.63) is 83.3 Å². The average Bonchev–Trinajstić information content (AvgIpc) is 3.06. The van der Waals surface area contributed by atoms with Crippen molar-refractivity contribution in [1.82, 2.24) is 9.78 Å². The Hall–Kier alpha value is -3.74. The van der Waals surface area contributed by atoms with Gasteiger partial charge in [0.05, 0.1) is 11.4 Å². The molecule has 0 bridgehead atoms. The van der Waals surface area contributed by atoms with E-state index >= 15 is 0 Å². The predicted molar refractivity (Wildman–Crippen MR) is 108 cm³/mol. The average molecular weight is 393 g/mol. The van der Waals surface area contributed by atoms with Crippen LogP contribution in [-0.4, -0.2) is 28.3 Å². The molecule has 0 aliphatic heterocycles. The van der Waals surface area contributed by atoms with Crippen LogP contribution in [0, 0.1) is 19.7 Å². The van der Waals surface area contributed by atoms with Gasteiger partial charge in [0.1, 0.15) is 11.6 Å². The van der Waals surface area contributed by atoms with Gasteiger partial charge in [-0.05, 0) is 38.1 Å². The Balaban J connectivity index is 1.59. The third-order valence-electron chi connectivity index (χ3n) is 4.03. The van der Waals surface area contributed by atoms with Crippen LogP contribution in [0.1, 0.15) is 16.8 Å². The number of ether oxygens (including phenoxy) is 1. The summed E-state index contributed by atoms with van der Waals surface area (Å²) >= 11 is 0. The highest BCUT2D eigenvalue weighted by Gasteiger charge is 2.12. The van der Waals surface area contributed by atoms with E-state index in [0.717, 1.165) is 23.0 Å². The number of rotatable bonds is 6. The smallest absolute Gasteiger partial charge is 0.331 e. The van der Waals surface area contributed by atoms with E-state index in [1.807, 2.05) is 38.1 Å². The molecule has 148 valence electrons. The number of aromatic nitrogens is 2. The Labute approximate surface area is 167 Å². The lowest BCUT2D eigenvalue weighted by Gasteiger charge is -2.09. The molecule has 0 fully saturated rings. The molecule has 0 saturated heterocycles. The largest absolute Gasteiger partial charge is 0.452 e. The number of nitrogens with one attached hydrogen (secondary N) is 1. The molecule has 1 heterocycles. The van der Waals surface area contributed by atoms with Crippen molar-refractivity contribution in [2.24, 2.45) is 0 Å². The zero-order valence-corrected chi connectivity index (χ0v) is 16.1. The Bertz CT molecular complexity index is 1060. The predicted octanol–water partition coefficient (Wildman–Crippen LogP) is 3.82. The van der Waals surface area contributed by atoms with Gasteiger partial charge in [-0.2, -0.15) is 5.10 Å². The van der Waals surface area contributed by atoms with Gasteiger partial charge in [0.2, 0.25) is 0 Å². The monoisotopic (exact) mass is 393 g/mol. The third-order valence-corrected chi connectivity index (χ3v) is 4.03. The Morgan fingerprint density at radius 1 is 1.14 bits per heavy atom. The van der Waals surface area contributed by atoms with Gasteiger partial charge in [-0.1, -0.05) is 35.9 Å². The Morgan fingerprint density at radius 2 is 1.86 bits per heavy atom. The molecule has 7 heteroatoms. The first-order valence-electron chi connectivity index (χ1n) is 8.95. The van der Waals surface area contributed by atoms with Gasteiger partial charge in [-0.25, -0.2) is 13.9 Å². The second-order valence-electron chi connectivity index (χ2n) is 6.43. The highest BCUT2D eigenvalue weighted by Crippen LogP contribution is 2.17. The molecule has 0 unspecified atom stereocenters. The molecule has 2 aromatic carbocycles. The fourth-order valence-corrected chi connectivity index (χ4v) is 2.60. The summed E-state index contributed by atoms with van der Waals surface area (Å²) in [6, 6.07) is 15.4. The summed E-state index contributed by atoms with van der Waals surface area (Å²) in [4.78, 5) is 24.0. The fourth-order valence-electron chi connectivity index (χ4n) is 2.60. The molecule has 0 aliphatic rings. The Morgan fingerprint density at radius 3 is 2.59 bits per heavy atom. The summed E-state index contributed by atoms with van der Waals surface area (Å²) in [6.07, 6.45) is 2.37. The molecule has 0 atom stereocenters. The molecular weight excluding hydrogens is 373 g/mol. The maximum atomic E-state index is 13.5. The molecule has 1 amide bonds. The van der Waals surface area contributed by atoms with E-state index < -0.39 is 24.3 Å². The third kappa shape index (κ3) is 5.38. The van der Waals surface area contributed by atoms with Crippen LogP contribution in [0.15, 0.2) is 60.7 Å². The minimum Gasteiger partial charge on any atom is -0.452 e. The van der Waals surface area contributed by atoms with Crippen LogP contribution in [0.25, 0.3) is 11.8 Å². The molecule has 1 N–H and O–H groups in total. The minimum atomic E-state index is -0.744. The van der Waals surface area contributed by atoms with E-state index in [1.54, 1.807) is 22.9 Å². The van der Waals surface area contributed by atoms with Gasteiger partial charge in [0, 0.05) is 17.7 Å². The van der Waals surface area contributed by atoms with Crippen LogP contribution in [0.2, 0.25) is 0 Å². The van der Waals surface area contributed by atoms with E-state index in [4.69, 9.17) is 4.74 Å². The van der Waals surface area contributed by atoms with Crippen LogP contribution < -0.4 is 5.32 Å². The standard InChI is InChI=1S/C22H20FN3O3/c1-15-7-10-18(11-8-15)26-20(13-16(2)25-26)24-21(27)14-29-22(28)12-9-17-5-3-4-6-19(17)23/h3-13H,14H2,1-2H3,(H,24,27)/b12-9+. The number of benzene rings is 2. The van der Waals surface area contributed by atoms with E-state index in [-0.39, 0.29) is 5.56 Å². The molecule has 0 spiro atoms. The molecule has 0 saturated carbocycles. The van der Waals surface area contributed by atoms with E-state index in [9.17, 15) is 14.0 Å². The number of esters is 1. The summed E-state index contributed by atoms with van der Waals surface area (Å²) in [5.41, 5.74) is 2.89. The van der Waals surface area contributed by atoms with E-state index in [1.165, 1.54) is 18.2 Å². The topological polar surface area (TPSA) is 73.2 Å². The molecule has 0 radical (unpaired) electrons. The number of aryl methyl sites for hydroxylation is 2. The first-order chi connectivity index (χ1) is 13.9. The summed E-state index contributed by atoms with van der Waals surface area (Å²) in [7, 11) is 0. The highest BCUT2D eigenvalue weighted by atomic mass is 19.1. The fraction of sp³-hybridized carbons (Fsp3) is 0.136. The lowest BCUT2D eigenvalue weighted by Crippen LogP contribution is -2.21. The van der Waals surface area contributed by atoms with Crippen molar-refractivity contribution in [1.29, 1.82) is 0 Å². The van der Waals surface area contributed by atoms with E-state index in [2.05, 4.69) is 10.4 Å². The van der Waals surface area contributed by atoms with Crippen molar-refractivity contribution in [3.63, 3.8) is 0 Å². The van der Waals surface area contributed by atoms with Crippen LogP contribution in [0.5, 0.6) is 0 Å². The summed E-state index contributed by atoms with van der Waals surface area (Å²) in [5.74, 6) is -1.24. The number of amides is 1. The van der Waals surface area contributed by atoms with E-state index in [0.29, 0.717) is 5.82 Å². The number of hydrogen-bond donors (Lipinski definition) is 1. The minimum absolute atomic E-state index is 0.256. The maximum absolute atomic E-state index is 13.5. The van der Waals surface area contributed by atoms with Crippen molar-refractivity contribution in [3.8, 4) is 5.69 Å². The molecule has 6 nitrogen and oxygen atoms in total. The van der Waals surface area contributed by atoms with Crippen molar-refractivity contribution in [2.75, 3.05) is 11.9 Å². The van der Waals surface area contributed by atoms with Gasteiger partial charge in [-0.15, -0.1) is 0 Å². The number of anilines is 1. The number of carbonyl (C=O) groups is 2. The zero-order valence-electron chi connectivity index (χ0n) is 16.1. The van der Waals surface area contributed by atoms with Crippen LogP contribution in [-0.2, 0) is 14.3 Å². The number of carbonyl (C=O) groups excluding carboxylic acids is 2. The first kappa shape index (κ1) is 20.0. The van der Waals surface area contributed by atoms with Gasteiger partial charge < -0.3 is 10.1 Å². The molecular formula is C22H20FN3O3. The quantitative estimate of drug-likeness (QED) is 0.510. The number of halogens is 1. The molecule has 3 aromatic rings. The summed E-state index contributed by atoms with van der Waals surface area (Å²) < 4.78 is 20.0. The summed E-state index contributed by atoms with van der Waals surface area (Å²) in [5, 5.41) is 7.06. The van der Waals surface area contributed by atoms with Crippen LogP contribution in [0.4, 0.5) is 10.2 Å². The van der Waals surface area contributed by atoms with Gasteiger partial charge in [0.25, 0.3) is 5.91 Å². The van der Waals surface area contributed by atoms with Crippen LogP contribution in [0.3, 0.4) is 0 Å². The van der Waals surface area contributed by atoms with Crippen molar-refractivity contribution < 1.29 is 18.7 Å². The van der Waals surface area contributed by atoms with Crippen molar-refractivity contribution >= 4 is 23.8 Å². The second kappa shape index (κ2) is 8.97. The molecule has 0 aliphatic carbocycles. The summed E-state index contributed by atoms with van der Waals surface area (Å²) in [6.45, 7) is 3.32. The first-order valence-corrected chi connectivity index (χ1v) is 8.95.